The van der Waals surface area contributed by atoms with E-state index in [0.717, 1.165) is 11.1 Å². The maximum Gasteiger partial charge on any atom is 0.0951 e. The minimum Gasteiger partial charge on any atom is -0.397 e. The number of nitrogens with two attached hydrogens (primary N) is 1. The van der Waals surface area contributed by atoms with Crippen LogP contribution in [0.15, 0.2) is 18.2 Å². The number of halogens is 2. The summed E-state index contributed by atoms with van der Waals surface area (Å²) in [7, 11) is 1.87. The maximum atomic E-state index is 6.08. The normalized spacial score (nSPS) is 10.9. The lowest BCUT2D eigenvalue weighted by Crippen LogP contribution is -2.07. The molecule has 0 spiro atoms. The number of pyridine rings is 1. The standard InChI is InChI=1S/C11H11Cl2N3/c1-15-5-6-2-3-7-10(13)8(12)4-9(14)11(7)16-6/h2-4,15H,5,14H2,1H3. The second kappa shape index (κ2) is 4.45. The Kier molecular flexibility index (Phi) is 3.19. The van der Waals surface area contributed by atoms with Crippen LogP contribution < -0.4 is 11.1 Å². The van der Waals surface area contributed by atoms with Crippen LogP contribution in [-0.4, -0.2) is 12.0 Å². The Labute approximate surface area is 104 Å². The number of anilines is 1. The first-order chi connectivity index (χ1) is 7.63. The fourth-order valence-electron chi connectivity index (χ4n) is 1.57. The van der Waals surface area contributed by atoms with Gasteiger partial charge in [-0.15, -0.1) is 0 Å². The average Bonchev–Trinajstić information content (AvgIpc) is 2.27. The third-order valence-electron chi connectivity index (χ3n) is 2.31. The molecule has 0 unspecified atom stereocenters. The Hall–Kier alpha value is -1.03. The second-order valence-electron chi connectivity index (χ2n) is 3.49. The summed E-state index contributed by atoms with van der Waals surface area (Å²) in [5, 5.41) is 4.76. The number of nitrogens with zero attached hydrogens (tertiary/aromatic N) is 1. The lowest BCUT2D eigenvalue weighted by Gasteiger charge is -2.07. The van der Waals surface area contributed by atoms with Crippen LogP contribution in [0.25, 0.3) is 10.9 Å². The summed E-state index contributed by atoms with van der Waals surface area (Å²) in [4.78, 5) is 4.44. The van der Waals surface area contributed by atoms with Crippen molar-refractivity contribution in [2.75, 3.05) is 12.8 Å². The first-order valence-corrected chi connectivity index (χ1v) is 5.56. The van der Waals surface area contributed by atoms with Crippen LogP contribution in [0.3, 0.4) is 0 Å². The van der Waals surface area contributed by atoms with Gasteiger partial charge < -0.3 is 11.1 Å². The van der Waals surface area contributed by atoms with Gasteiger partial charge in [0.05, 0.1) is 26.9 Å². The summed E-state index contributed by atoms with van der Waals surface area (Å²) in [5.74, 6) is 0. The quantitative estimate of drug-likeness (QED) is 0.812. The van der Waals surface area contributed by atoms with Gasteiger partial charge in [-0.3, -0.25) is 0 Å². The van der Waals surface area contributed by atoms with E-state index < -0.39 is 0 Å². The molecule has 0 saturated heterocycles. The highest BCUT2D eigenvalue weighted by Gasteiger charge is 2.09. The van der Waals surface area contributed by atoms with Crippen molar-refractivity contribution < 1.29 is 0 Å². The average molecular weight is 256 g/mol. The number of nitrogen functional groups attached to an aromatic ring is 1. The van der Waals surface area contributed by atoms with Crippen molar-refractivity contribution >= 4 is 39.8 Å². The predicted octanol–water partition coefficient (Wildman–Crippen LogP) is 2.84. The molecule has 16 heavy (non-hydrogen) atoms. The number of benzene rings is 1. The predicted molar refractivity (Wildman–Crippen MR) is 68.9 cm³/mol. The Morgan fingerprint density at radius 2 is 2.12 bits per heavy atom. The van der Waals surface area contributed by atoms with Crippen molar-refractivity contribution in [1.82, 2.24) is 10.3 Å². The van der Waals surface area contributed by atoms with Crippen molar-refractivity contribution in [3.8, 4) is 0 Å². The van der Waals surface area contributed by atoms with Gasteiger partial charge in [0.2, 0.25) is 0 Å². The maximum absolute atomic E-state index is 6.08. The zero-order chi connectivity index (χ0) is 11.7. The van der Waals surface area contributed by atoms with Crippen LogP contribution in [0.1, 0.15) is 5.69 Å². The van der Waals surface area contributed by atoms with Gasteiger partial charge in [-0.2, -0.15) is 0 Å². The van der Waals surface area contributed by atoms with E-state index >= 15 is 0 Å². The van der Waals surface area contributed by atoms with E-state index in [9.17, 15) is 0 Å². The smallest absolute Gasteiger partial charge is 0.0951 e. The highest BCUT2D eigenvalue weighted by Crippen LogP contribution is 2.33. The number of hydrogen-bond acceptors (Lipinski definition) is 3. The number of fused-ring (bicyclic) bond motifs is 1. The van der Waals surface area contributed by atoms with Crippen molar-refractivity contribution in [2.45, 2.75) is 6.54 Å². The molecule has 0 radical (unpaired) electrons. The molecule has 0 aliphatic carbocycles. The van der Waals surface area contributed by atoms with E-state index in [4.69, 9.17) is 28.9 Å². The summed E-state index contributed by atoms with van der Waals surface area (Å²) in [6.07, 6.45) is 0. The molecule has 0 bridgehead atoms. The molecule has 0 saturated carbocycles. The second-order valence-corrected chi connectivity index (χ2v) is 4.28. The van der Waals surface area contributed by atoms with Crippen molar-refractivity contribution in [1.29, 1.82) is 0 Å². The molecule has 0 fully saturated rings. The summed E-state index contributed by atoms with van der Waals surface area (Å²) < 4.78 is 0. The fraction of sp³-hybridized carbons (Fsp3) is 0.182. The molecule has 2 aromatic rings. The summed E-state index contributed by atoms with van der Waals surface area (Å²) >= 11 is 12.0. The van der Waals surface area contributed by atoms with Gasteiger partial charge in [0.25, 0.3) is 0 Å². The lowest BCUT2D eigenvalue weighted by atomic mass is 10.1. The van der Waals surface area contributed by atoms with Crippen LogP contribution in [0.5, 0.6) is 0 Å². The molecule has 3 N–H and O–H groups in total. The number of rotatable bonds is 2. The number of nitrogens with one attached hydrogen (secondary N) is 1. The zero-order valence-corrected chi connectivity index (χ0v) is 10.2. The Bertz CT molecular complexity index is 540. The minimum atomic E-state index is 0.454. The first-order valence-electron chi connectivity index (χ1n) is 4.81. The van der Waals surface area contributed by atoms with E-state index in [1.165, 1.54) is 0 Å². The van der Waals surface area contributed by atoms with Gasteiger partial charge in [0, 0.05) is 11.9 Å². The molecule has 1 heterocycles. The SMILES string of the molecule is CNCc1ccc2c(Cl)c(Cl)cc(N)c2n1. The Balaban J connectivity index is 2.69. The van der Waals surface area contributed by atoms with E-state index in [-0.39, 0.29) is 0 Å². The minimum absolute atomic E-state index is 0.454. The van der Waals surface area contributed by atoms with Gasteiger partial charge in [0.1, 0.15) is 0 Å². The summed E-state index contributed by atoms with van der Waals surface area (Å²) in [6.45, 7) is 0.690. The molecule has 2 rings (SSSR count). The molecule has 0 atom stereocenters. The van der Waals surface area contributed by atoms with Crippen LogP contribution in [0.2, 0.25) is 10.0 Å². The van der Waals surface area contributed by atoms with Crippen LogP contribution in [0.4, 0.5) is 5.69 Å². The van der Waals surface area contributed by atoms with E-state index in [1.54, 1.807) is 6.07 Å². The summed E-state index contributed by atoms with van der Waals surface area (Å²) in [5.41, 5.74) is 8.02. The third-order valence-corrected chi connectivity index (χ3v) is 3.11. The fourth-order valence-corrected chi connectivity index (χ4v) is 2.00. The molecule has 5 heteroatoms. The Morgan fingerprint density at radius 3 is 2.81 bits per heavy atom. The van der Waals surface area contributed by atoms with Crippen molar-refractivity contribution in [3.63, 3.8) is 0 Å². The molecule has 1 aromatic carbocycles. The highest BCUT2D eigenvalue weighted by atomic mass is 35.5. The first kappa shape index (κ1) is 11.5. The van der Waals surface area contributed by atoms with Crippen LogP contribution in [-0.2, 0) is 6.54 Å². The van der Waals surface area contributed by atoms with Crippen molar-refractivity contribution in [2.24, 2.45) is 0 Å². The molecular weight excluding hydrogens is 245 g/mol. The molecule has 1 aromatic heterocycles. The zero-order valence-electron chi connectivity index (χ0n) is 8.72. The molecule has 3 nitrogen and oxygen atoms in total. The summed E-state index contributed by atoms with van der Waals surface area (Å²) in [6, 6.07) is 5.42. The Morgan fingerprint density at radius 1 is 1.38 bits per heavy atom. The monoisotopic (exact) mass is 255 g/mol. The van der Waals surface area contributed by atoms with E-state index in [2.05, 4.69) is 10.3 Å². The van der Waals surface area contributed by atoms with Crippen LogP contribution in [0, 0.1) is 0 Å². The number of aromatic nitrogens is 1. The van der Waals surface area contributed by atoms with Gasteiger partial charge >= 0.3 is 0 Å². The molecule has 84 valence electrons. The van der Waals surface area contributed by atoms with E-state index in [0.29, 0.717) is 27.8 Å². The van der Waals surface area contributed by atoms with E-state index in [1.807, 2.05) is 19.2 Å². The van der Waals surface area contributed by atoms with Crippen LogP contribution >= 0.6 is 23.2 Å². The highest BCUT2D eigenvalue weighted by molar-refractivity contribution is 6.45. The number of hydrogen-bond donors (Lipinski definition) is 2. The van der Waals surface area contributed by atoms with Crippen molar-refractivity contribution in [3.05, 3.63) is 33.9 Å². The third kappa shape index (κ3) is 1.94. The molecule has 0 aliphatic heterocycles. The van der Waals surface area contributed by atoms with Gasteiger partial charge in [0.15, 0.2) is 0 Å². The molecule has 0 aliphatic rings. The van der Waals surface area contributed by atoms with Gasteiger partial charge in [-0.05, 0) is 25.2 Å². The van der Waals surface area contributed by atoms with Gasteiger partial charge in [-0.25, -0.2) is 4.98 Å². The topological polar surface area (TPSA) is 50.9 Å². The van der Waals surface area contributed by atoms with Gasteiger partial charge in [-0.1, -0.05) is 23.2 Å². The molecule has 0 amide bonds. The lowest BCUT2D eigenvalue weighted by molar-refractivity contribution is 0.796. The largest absolute Gasteiger partial charge is 0.397 e. The molecular formula is C11H11Cl2N3.